The fourth-order valence-corrected chi connectivity index (χ4v) is 7.78. The van der Waals surface area contributed by atoms with Crippen molar-refractivity contribution < 1.29 is 0 Å². The minimum absolute atomic E-state index is 0.429. The van der Waals surface area contributed by atoms with Gasteiger partial charge in [0.1, 0.15) is 23.3 Å². The van der Waals surface area contributed by atoms with Crippen LogP contribution in [-0.2, 0) is 0 Å². The average molecular weight is 746 g/mol. The van der Waals surface area contributed by atoms with Crippen LogP contribution in [0.1, 0.15) is 0 Å². The molecule has 0 N–H and O–H groups in total. The number of fused-ring (bicyclic) bond motifs is 10. The Morgan fingerprint density at radius 2 is 0.897 bits per heavy atom. The Morgan fingerprint density at radius 1 is 0.328 bits per heavy atom. The van der Waals surface area contributed by atoms with Gasteiger partial charge in [-0.05, 0) is 54.6 Å². The average Bonchev–Trinajstić information content (AvgIpc) is 3.89. The predicted octanol–water partition coefficient (Wildman–Crippen LogP) is 9.69. The number of benzene rings is 6. The molecule has 6 heterocycles. The highest BCUT2D eigenvalue weighted by Crippen LogP contribution is 2.34. The number of hydrogen-bond acceptors (Lipinski definition) is 9. The van der Waals surface area contributed by atoms with Crippen molar-refractivity contribution in [2.75, 3.05) is 0 Å². The summed E-state index contributed by atoms with van der Waals surface area (Å²) >= 11 is 0. The molecule has 0 fully saturated rings. The van der Waals surface area contributed by atoms with Gasteiger partial charge in [0.25, 0.3) is 0 Å². The van der Waals surface area contributed by atoms with E-state index in [1.807, 2.05) is 138 Å². The Kier molecular flexibility index (Phi) is 6.96. The van der Waals surface area contributed by atoms with Crippen LogP contribution < -0.4 is 0 Å². The van der Waals surface area contributed by atoms with Crippen LogP contribution in [0.2, 0.25) is 0 Å². The summed E-state index contributed by atoms with van der Waals surface area (Å²) in [5.74, 6) is 2.72. The van der Waals surface area contributed by atoms with E-state index in [2.05, 4.69) is 38.6 Å². The minimum Gasteiger partial charge on any atom is -0.274 e. The first-order valence-electron chi connectivity index (χ1n) is 18.8. The van der Waals surface area contributed by atoms with Gasteiger partial charge in [0, 0.05) is 27.5 Å². The standard InChI is InChI=1S/C47H27N11/c1-3-13-28(14-4-1)36-26-38(46-52-33-18-8-7-17-31(33)44-53-34-19-9-11-21-39(34)57(44)46)51-42(50-36)30-23-24-32-37(25-30)55-47(58-40-22-12-10-20-35(40)54-45(32)58)43-49-27-48-41(56-43)29-15-5-2-6-16-29/h1-27H. The van der Waals surface area contributed by atoms with Crippen molar-refractivity contribution in [3.05, 3.63) is 164 Å². The number of imidazole rings is 2. The number of para-hydroxylation sites is 5. The monoisotopic (exact) mass is 745 g/mol. The van der Waals surface area contributed by atoms with Gasteiger partial charge in [-0.25, -0.2) is 44.9 Å². The summed E-state index contributed by atoms with van der Waals surface area (Å²) in [6.07, 6.45) is 1.53. The smallest absolute Gasteiger partial charge is 0.199 e. The highest BCUT2D eigenvalue weighted by molar-refractivity contribution is 6.00. The zero-order valence-corrected chi connectivity index (χ0v) is 30.5. The fraction of sp³-hybridized carbons (Fsp3) is 0. The normalized spacial score (nSPS) is 11.8. The van der Waals surface area contributed by atoms with Crippen molar-refractivity contribution in [1.82, 2.24) is 53.7 Å². The molecule has 0 spiro atoms. The van der Waals surface area contributed by atoms with Crippen molar-refractivity contribution >= 4 is 55.2 Å². The molecule has 0 aliphatic rings. The Balaban J connectivity index is 1.11. The summed E-state index contributed by atoms with van der Waals surface area (Å²) in [6.45, 7) is 0. The second-order valence-corrected chi connectivity index (χ2v) is 14.0. The van der Waals surface area contributed by atoms with E-state index in [0.29, 0.717) is 40.3 Å². The van der Waals surface area contributed by atoms with Crippen LogP contribution in [0.25, 0.3) is 112 Å². The zero-order valence-electron chi connectivity index (χ0n) is 30.5. The lowest BCUT2D eigenvalue weighted by molar-refractivity contribution is 1.02. The van der Waals surface area contributed by atoms with Crippen LogP contribution in [0.15, 0.2) is 164 Å². The Hall–Kier alpha value is -8.31. The van der Waals surface area contributed by atoms with E-state index in [-0.39, 0.29) is 0 Å². The first kappa shape index (κ1) is 32.0. The van der Waals surface area contributed by atoms with Crippen molar-refractivity contribution in [1.29, 1.82) is 0 Å². The van der Waals surface area contributed by atoms with E-state index in [0.717, 1.165) is 72.0 Å². The Bertz CT molecular complexity index is 3580. The van der Waals surface area contributed by atoms with Gasteiger partial charge in [-0.15, -0.1) is 0 Å². The van der Waals surface area contributed by atoms with E-state index >= 15 is 0 Å². The topological polar surface area (TPSA) is 125 Å². The predicted molar refractivity (Wildman–Crippen MR) is 226 cm³/mol. The van der Waals surface area contributed by atoms with Gasteiger partial charge in [-0.2, -0.15) is 0 Å². The first-order chi connectivity index (χ1) is 28.7. The lowest BCUT2D eigenvalue weighted by Gasteiger charge is -2.13. The van der Waals surface area contributed by atoms with Crippen LogP contribution in [0, 0.1) is 0 Å². The first-order valence-corrected chi connectivity index (χ1v) is 18.8. The number of nitrogens with zero attached hydrogens (tertiary/aromatic N) is 11. The Labute approximate surface area is 329 Å². The molecule has 0 unspecified atom stereocenters. The highest BCUT2D eigenvalue weighted by Gasteiger charge is 2.21. The molecule has 0 atom stereocenters. The molecule has 0 saturated carbocycles. The van der Waals surface area contributed by atoms with Crippen LogP contribution in [-0.4, -0.2) is 53.7 Å². The van der Waals surface area contributed by atoms with Gasteiger partial charge in [-0.3, -0.25) is 8.80 Å². The summed E-state index contributed by atoms with van der Waals surface area (Å²) in [5.41, 5.74) is 10.7. The minimum atomic E-state index is 0.429. The third-order valence-corrected chi connectivity index (χ3v) is 10.5. The number of hydrogen-bond donors (Lipinski definition) is 0. The molecular weight excluding hydrogens is 719 g/mol. The molecule has 0 amide bonds. The van der Waals surface area contributed by atoms with Gasteiger partial charge in [0.15, 0.2) is 29.1 Å². The molecular formula is C47H27N11. The summed E-state index contributed by atoms with van der Waals surface area (Å²) in [7, 11) is 0. The molecule has 270 valence electrons. The van der Waals surface area contributed by atoms with Gasteiger partial charge >= 0.3 is 0 Å². The van der Waals surface area contributed by atoms with Crippen LogP contribution >= 0.6 is 0 Å². The highest BCUT2D eigenvalue weighted by atomic mass is 15.1. The maximum Gasteiger partial charge on any atom is 0.199 e. The lowest BCUT2D eigenvalue weighted by atomic mass is 10.1. The molecule has 58 heavy (non-hydrogen) atoms. The Morgan fingerprint density at radius 3 is 1.64 bits per heavy atom. The summed E-state index contributed by atoms with van der Waals surface area (Å²) in [5, 5.41) is 1.83. The van der Waals surface area contributed by atoms with E-state index in [1.165, 1.54) is 6.33 Å². The molecule has 12 rings (SSSR count). The van der Waals surface area contributed by atoms with Crippen LogP contribution in [0.3, 0.4) is 0 Å². The van der Waals surface area contributed by atoms with Gasteiger partial charge in [0.2, 0.25) is 0 Å². The summed E-state index contributed by atoms with van der Waals surface area (Å²) in [4.78, 5) is 45.2. The second-order valence-electron chi connectivity index (χ2n) is 14.0. The molecule has 0 aliphatic heterocycles. The zero-order chi connectivity index (χ0) is 38.2. The van der Waals surface area contributed by atoms with E-state index < -0.39 is 0 Å². The molecule has 0 bridgehead atoms. The summed E-state index contributed by atoms with van der Waals surface area (Å²) in [6, 6.07) is 52.3. The van der Waals surface area contributed by atoms with E-state index in [4.69, 9.17) is 34.9 Å². The van der Waals surface area contributed by atoms with Crippen molar-refractivity contribution in [2.45, 2.75) is 0 Å². The maximum atomic E-state index is 5.27. The van der Waals surface area contributed by atoms with Crippen LogP contribution in [0.5, 0.6) is 0 Å². The summed E-state index contributed by atoms with van der Waals surface area (Å²) < 4.78 is 4.13. The molecule has 6 aromatic heterocycles. The van der Waals surface area contributed by atoms with Gasteiger partial charge in [-0.1, -0.05) is 103 Å². The number of aromatic nitrogens is 11. The lowest BCUT2D eigenvalue weighted by Crippen LogP contribution is -2.04. The fourth-order valence-electron chi connectivity index (χ4n) is 7.78. The molecule has 6 aromatic carbocycles. The SMILES string of the molecule is c1ccc(-c2cc(-c3nc4ccccc4c4nc5ccccc5n34)nc(-c3ccc4c(c3)nc(-c3ncnc(-c5ccccc5)n3)n3c5ccccc5nc43)n2)cc1. The van der Waals surface area contributed by atoms with E-state index in [9.17, 15) is 0 Å². The molecule has 0 aliphatic carbocycles. The van der Waals surface area contributed by atoms with Crippen LogP contribution in [0.4, 0.5) is 0 Å². The second kappa shape index (κ2) is 12.6. The molecule has 0 radical (unpaired) electrons. The largest absolute Gasteiger partial charge is 0.274 e. The third kappa shape index (κ3) is 5.04. The quantitative estimate of drug-likeness (QED) is 0.169. The molecule has 0 saturated heterocycles. The van der Waals surface area contributed by atoms with Gasteiger partial charge in [0.05, 0.1) is 38.8 Å². The van der Waals surface area contributed by atoms with Crippen molar-refractivity contribution in [3.8, 4) is 57.2 Å². The van der Waals surface area contributed by atoms with E-state index in [1.54, 1.807) is 0 Å². The van der Waals surface area contributed by atoms with Gasteiger partial charge < -0.3 is 0 Å². The molecule has 11 nitrogen and oxygen atoms in total. The van der Waals surface area contributed by atoms with Crippen molar-refractivity contribution in [3.63, 3.8) is 0 Å². The van der Waals surface area contributed by atoms with Crippen molar-refractivity contribution in [2.24, 2.45) is 0 Å². The number of rotatable bonds is 5. The maximum absolute atomic E-state index is 5.27. The third-order valence-electron chi connectivity index (χ3n) is 10.5. The molecule has 12 aromatic rings. The molecule has 11 heteroatoms.